The summed E-state index contributed by atoms with van der Waals surface area (Å²) in [6.45, 7) is 24.4. The maximum Gasteiger partial charge on any atom is 0.335 e. The zero-order valence-electron chi connectivity index (χ0n) is 34.9. The molecule has 2 aromatic rings. The van der Waals surface area contributed by atoms with E-state index in [1.54, 1.807) is 40.7 Å². The van der Waals surface area contributed by atoms with Crippen LogP contribution in [0.4, 0.5) is 0 Å². The van der Waals surface area contributed by atoms with Crippen LogP contribution < -0.4 is 5.32 Å². The van der Waals surface area contributed by atoms with Gasteiger partial charge in [0.2, 0.25) is 10.0 Å². The number of fused-ring (bicyclic) bond motifs is 7. The van der Waals surface area contributed by atoms with Crippen molar-refractivity contribution in [3.05, 3.63) is 84.0 Å². The number of carboxylic acid groups (broad SMARTS) is 1. The van der Waals surface area contributed by atoms with Crippen LogP contribution in [0, 0.1) is 51.2 Å². The molecule has 56 heavy (non-hydrogen) atoms. The fourth-order valence-corrected chi connectivity index (χ4v) is 16.2. The third-order valence-corrected chi connectivity index (χ3v) is 19.6. The van der Waals surface area contributed by atoms with Crippen LogP contribution in [0.3, 0.4) is 0 Å². The van der Waals surface area contributed by atoms with Crippen LogP contribution in [0.1, 0.15) is 115 Å². The van der Waals surface area contributed by atoms with Crippen molar-refractivity contribution in [2.75, 3.05) is 39.3 Å². The lowest BCUT2D eigenvalue weighted by Crippen LogP contribution is -2.68. The van der Waals surface area contributed by atoms with Gasteiger partial charge in [-0.2, -0.15) is 4.31 Å². The molecule has 1 saturated heterocycles. The van der Waals surface area contributed by atoms with Gasteiger partial charge in [-0.3, -0.25) is 4.90 Å². The molecular formula is C48H67N3O4S. The number of benzene rings is 2. The molecule has 7 nitrogen and oxygen atoms in total. The molecule has 0 aromatic heterocycles. The van der Waals surface area contributed by atoms with Gasteiger partial charge in [0.15, 0.2) is 0 Å². The average Bonchev–Trinajstić information content (AvgIpc) is 3.55. The van der Waals surface area contributed by atoms with E-state index in [1.165, 1.54) is 68.1 Å². The van der Waals surface area contributed by atoms with Gasteiger partial charge in [-0.1, -0.05) is 83.2 Å². The molecule has 8 heteroatoms. The summed E-state index contributed by atoms with van der Waals surface area (Å²) in [4.78, 5) is 14.4. The number of piperazine rings is 1. The summed E-state index contributed by atoms with van der Waals surface area (Å²) in [5.41, 5.74) is 5.16. The number of hydrogen-bond donors (Lipinski definition) is 2. The quantitative estimate of drug-likeness (QED) is 0.247. The molecule has 9 atom stereocenters. The Morgan fingerprint density at radius 3 is 2.20 bits per heavy atom. The number of allylic oxidation sites excluding steroid dienone is 3. The van der Waals surface area contributed by atoms with E-state index in [1.807, 2.05) is 18.2 Å². The highest BCUT2D eigenvalue weighted by molar-refractivity contribution is 7.89. The molecule has 4 saturated carbocycles. The van der Waals surface area contributed by atoms with Crippen molar-refractivity contribution in [1.82, 2.24) is 14.5 Å². The summed E-state index contributed by atoms with van der Waals surface area (Å²) < 4.78 is 28.2. The minimum absolute atomic E-state index is 0.00174. The SMILES string of the molecule is C=C(C)[C@@H]1CC[C@]2(NCCN3CCN(S(=O)(=O)c4ccccc4)CC3)CC[C@]3(C)[C@H](CC[C@@H]4[C@@]5(C)CC=C(c6ccc(C(=O)O)cc6)C(C)(C)[C@@H]5CC[C@]43C)[C@@H]12. The van der Waals surface area contributed by atoms with Gasteiger partial charge in [-0.15, -0.1) is 0 Å². The predicted octanol–water partition coefficient (Wildman–Crippen LogP) is 9.38. The number of carbonyl (C=O) groups is 1. The van der Waals surface area contributed by atoms with Gasteiger partial charge in [-0.05, 0) is 151 Å². The first-order valence-electron chi connectivity index (χ1n) is 21.7. The van der Waals surface area contributed by atoms with E-state index in [2.05, 4.69) is 64.4 Å². The maximum absolute atomic E-state index is 13.3. The van der Waals surface area contributed by atoms with E-state index in [-0.39, 0.29) is 27.2 Å². The van der Waals surface area contributed by atoms with Gasteiger partial charge >= 0.3 is 5.97 Å². The summed E-state index contributed by atoms with van der Waals surface area (Å²) in [5, 5.41) is 13.8. The maximum atomic E-state index is 13.3. The Morgan fingerprint density at radius 1 is 0.839 bits per heavy atom. The number of carboxylic acids is 1. The van der Waals surface area contributed by atoms with E-state index in [0.29, 0.717) is 53.1 Å². The largest absolute Gasteiger partial charge is 0.478 e. The van der Waals surface area contributed by atoms with Crippen molar-refractivity contribution in [2.24, 2.45) is 51.2 Å². The van der Waals surface area contributed by atoms with Crippen LogP contribution in [0.5, 0.6) is 0 Å². The van der Waals surface area contributed by atoms with Gasteiger partial charge in [0.05, 0.1) is 10.5 Å². The number of hydrogen-bond acceptors (Lipinski definition) is 5. The molecule has 1 heterocycles. The Morgan fingerprint density at radius 2 is 1.54 bits per heavy atom. The van der Waals surface area contributed by atoms with Gasteiger partial charge < -0.3 is 10.4 Å². The van der Waals surface area contributed by atoms with Crippen LogP contribution in [0.15, 0.2) is 77.7 Å². The number of rotatable bonds is 9. The minimum Gasteiger partial charge on any atom is -0.478 e. The van der Waals surface area contributed by atoms with Crippen LogP contribution >= 0.6 is 0 Å². The molecule has 2 N–H and O–H groups in total. The Hall–Kier alpha value is -2.78. The topological polar surface area (TPSA) is 90.0 Å². The monoisotopic (exact) mass is 781 g/mol. The standard InChI is InChI=1S/C48H67N3O4S/c1-33(2)37-19-24-48(49-27-28-50-29-31-51(32-30-50)56(54,55)36-11-9-8-10-12-36)26-25-46(6)39(42(37)48)17-18-41-45(5)22-20-38(34-13-15-35(16-14-34)43(52)53)44(3,4)40(45)21-23-47(41,46)7/h8-16,20,37,39-42,49H,1,17-19,21-32H2,2-7H3,(H,52,53)/t37-,39+,40-,41+,42+,45-,46+,47+,48-/m0/s1. The normalized spacial score (nSPS) is 38.4. The van der Waals surface area contributed by atoms with Gasteiger partial charge in [0.25, 0.3) is 0 Å². The fourth-order valence-electron chi connectivity index (χ4n) is 14.7. The first-order valence-corrected chi connectivity index (χ1v) is 23.1. The molecule has 1 aliphatic heterocycles. The van der Waals surface area contributed by atoms with Crippen molar-refractivity contribution in [2.45, 2.75) is 110 Å². The minimum atomic E-state index is -3.45. The van der Waals surface area contributed by atoms with Gasteiger partial charge in [-0.25, -0.2) is 13.2 Å². The van der Waals surface area contributed by atoms with Crippen molar-refractivity contribution < 1.29 is 18.3 Å². The Kier molecular flexibility index (Phi) is 10.1. The lowest BCUT2D eigenvalue weighted by atomic mass is 9.33. The fraction of sp³-hybridized carbons (Fsp3) is 0.646. The number of sulfonamides is 1. The summed E-state index contributed by atoms with van der Waals surface area (Å²) in [6.07, 6.45) is 13.7. The zero-order valence-corrected chi connectivity index (χ0v) is 35.8. The zero-order chi connectivity index (χ0) is 39.9. The molecule has 5 fully saturated rings. The highest BCUT2D eigenvalue weighted by atomic mass is 32.2. The molecule has 6 aliphatic rings. The first kappa shape index (κ1) is 40.0. The van der Waals surface area contributed by atoms with E-state index in [0.717, 1.165) is 32.6 Å². The third kappa shape index (κ3) is 6.13. The Bertz CT molecular complexity index is 1970. The van der Waals surface area contributed by atoms with E-state index in [9.17, 15) is 18.3 Å². The Labute approximate surface area is 337 Å². The predicted molar refractivity (Wildman–Crippen MR) is 226 cm³/mol. The molecule has 304 valence electrons. The number of nitrogens with zero attached hydrogens (tertiary/aromatic N) is 2. The molecule has 0 unspecified atom stereocenters. The van der Waals surface area contributed by atoms with Crippen molar-refractivity contribution in [3.8, 4) is 0 Å². The summed E-state index contributed by atoms with van der Waals surface area (Å²) in [7, 11) is -3.45. The first-order chi connectivity index (χ1) is 26.5. The lowest BCUT2D eigenvalue weighted by Gasteiger charge is -2.72. The molecule has 5 aliphatic carbocycles. The summed E-state index contributed by atoms with van der Waals surface area (Å²) in [6, 6.07) is 16.5. The van der Waals surface area contributed by atoms with Gasteiger partial charge in [0, 0.05) is 44.8 Å². The van der Waals surface area contributed by atoms with Crippen LogP contribution in [-0.4, -0.2) is 73.5 Å². The van der Waals surface area contributed by atoms with E-state index >= 15 is 0 Å². The second-order valence-corrected chi connectivity index (χ2v) is 22.2. The highest BCUT2D eigenvalue weighted by Crippen LogP contribution is 2.76. The average molecular weight is 782 g/mol. The smallest absolute Gasteiger partial charge is 0.335 e. The molecule has 0 amide bonds. The number of aromatic carboxylic acids is 1. The van der Waals surface area contributed by atoms with E-state index in [4.69, 9.17) is 0 Å². The molecule has 8 rings (SSSR count). The molecular weight excluding hydrogens is 715 g/mol. The lowest BCUT2D eigenvalue weighted by molar-refractivity contribution is -0.219. The van der Waals surface area contributed by atoms with Crippen molar-refractivity contribution in [3.63, 3.8) is 0 Å². The van der Waals surface area contributed by atoms with Crippen LogP contribution in [-0.2, 0) is 10.0 Å². The molecule has 0 radical (unpaired) electrons. The third-order valence-electron chi connectivity index (χ3n) is 17.7. The van der Waals surface area contributed by atoms with Crippen molar-refractivity contribution in [1.29, 1.82) is 0 Å². The van der Waals surface area contributed by atoms with Crippen molar-refractivity contribution >= 4 is 21.6 Å². The van der Waals surface area contributed by atoms with Crippen LogP contribution in [0.25, 0.3) is 5.57 Å². The molecule has 0 bridgehead atoms. The summed E-state index contributed by atoms with van der Waals surface area (Å²) in [5.74, 6) is 2.18. The molecule has 0 spiro atoms. The highest BCUT2D eigenvalue weighted by Gasteiger charge is 2.70. The number of nitrogens with one attached hydrogen (secondary N) is 1. The second kappa shape index (κ2) is 14.2. The summed E-state index contributed by atoms with van der Waals surface area (Å²) >= 11 is 0. The second-order valence-electron chi connectivity index (χ2n) is 20.3. The van der Waals surface area contributed by atoms with Gasteiger partial charge in [0.1, 0.15) is 0 Å². The Balaban J connectivity index is 0.985. The molecule has 2 aromatic carbocycles. The van der Waals surface area contributed by atoms with E-state index < -0.39 is 16.0 Å². The van der Waals surface area contributed by atoms with Crippen LogP contribution in [0.2, 0.25) is 0 Å².